The van der Waals surface area contributed by atoms with Gasteiger partial charge in [-0.25, -0.2) is 0 Å². The number of hydrogen-bond acceptors (Lipinski definition) is 3. The summed E-state index contributed by atoms with van der Waals surface area (Å²) in [6.07, 6.45) is 3.01. The summed E-state index contributed by atoms with van der Waals surface area (Å²) < 4.78 is 5.56. The van der Waals surface area contributed by atoms with E-state index in [9.17, 15) is 4.79 Å². The van der Waals surface area contributed by atoms with Gasteiger partial charge in [0.25, 0.3) is 0 Å². The van der Waals surface area contributed by atoms with Crippen LogP contribution in [0.4, 0.5) is 0 Å². The molecule has 1 atom stereocenters. The lowest BCUT2D eigenvalue weighted by atomic mass is 10.0. The van der Waals surface area contributed by atoms with Crippen molar-refractivity contribution in [2.75, 3.05) is 13.2 Å². The molecule has 1 amide bonds. The predicted octanol–water partition coefficient (Wildman–Crippen LogP) is 2.66. The minimum Gasteiger partial charge on any atom is -0.493 e. The molecular formula is C20H22N2O2. The number of carbonyl (C=O) groups excluding carboxylic acids is 1. The SMILES string of the molecule is O=C(NCc1ccc(-c2ccc3c(c2)CCO3)cc1)C1CCCN1. The van der Waals surface area contributed by atoms with E-state index in [1.54, 1.807) is 0 Å². The van der Waals surface area contributed by atoms with Gasteiger partial charge in [0.1, 0.15) is 5.75 Å². The van der Waals surface area contributed by atoms with Crippen molar-refractivity contribution in [3.05, 3.63) is 53.6 Å². The third kappa shape index (κ3) is 3.15. The molecule has 124 valence electrons. The number of hydrogen-bond donors (Lipinski definition) is 2. The zero-order chi connectivity index (χ0) is 16.4. The van der Waals surface area contributed by atoms with Gasteiger partial charge in [-0.05, 0) is 53.8 Å². The smallest absolute Gasteiger partial charge is 0.237 e. The van der Waals surface area contributed by atoms with Crippen LogP contribution in [0.2, 0.25) is 0 Å². The molecule has 2 aliphatic rings. The predicted molar refractivity (Wildman–Crippen MR) is 93.9 cm³/mol. The van der Waals surface area contributed by atoms with Crippen LogP contribution in [0.25, 0.3) is 11.1 Å². The molecule has 2 heterocycles. The first-order valence-corrected chi connectivity index (χ1v) is 8.66. The fourth-order valence-electron chi connectivity index (χ4n) is 3.40. The molecule has 4 heteroatoms. The first kappa shape index (κ1) is 15.2. The lowest BCUT2D eigenvalue weighted by Crippen LogP contribution is -2.39. The number of benzene rings is 2. The van der Waals surface area contributed by atoms with Gasteiger partial charge in [0.2, 0.25) is 5.91 Å². The van der Waals surface area contributed by atoms with Crippen LogP contribution in [0.3, 0.4) is 0 Å². The van der Waals surface area contributed by atoms with Gasteiger partial charge in [0.05, 0.1) is 12.6 Å². The van der Waals surface area contributed by atoms with Crippen molar-refractivity contribution >= 4 is 5.91 Å². The molecule has 4 rings (SSSR count). The van der Waals surface area contributed by atoms with Crippen molar-refractivity contribution in [3.63, 3.8) is 0 Å². The number of rotatable bonds is 4. The van der Waals surface area contributed by atoms with E-state index in [2.05, 4.69) is 53.1 Å². The first-order chi connectivity index (χ1) is 11.8. The van der Waals surface area contributed by atoms with E-state index < -0.39 is 0 Å². The fourth-order valence-corrected chi connectivity index (χ4v) is 3.40. The highest BCUT2D eigenvalue weighted by Gasteiger charge is 2.21. The van der Waals surface area contributed by atoms with E-state index >= 15 is 0 Å². The molecule has 0 spiro atoms. The molecular weight excluding hydrogens is 300 g/mol. The summed E-state index contributed by atoms with van der Waals surface area (Å²) in [4.78, 5) is 12.0. The Morgan fingerprint density at radius 2 is 2.00 bits per heavy atom. The number of nitrogens with one attached hydrogen (secondary N) is 2. The number of amides is 1. The highest BCUT2D eigenvalue weighted by Crippen LogP contribution is 2.30. The van der Waals surface area contributed by atoms with Gasteiger partial charge in [0, 0.05) is 13.0 Å². The Bertz CT molecular complexity index is 734. The van der Waals surface area contributed by atoms with Gasteiger partial charge in [-0.2, -0.15) is 0 Å². The monoisotopic (exact) mass is 322 g/mol. The quantitative estimate of drug-likeness (QED) is 0.910. The van der Waals surface area contributed by atoms with Crippen molar-refractivity contribution in [3.8, 4) is 16.9 Å². The lowest BCUT2D eigenvalue weighted by Gasteiger charge is -2.11. The van der Waals surface area contributed by atoms with Gasteiger partial charge in [-0.1, -0.05) is 30.3 Å². The Morgan fingerprint density at radius 1 is 1.17 bits per heavy atom. The summed E-state index contributed by atoms with van der Waals surface area (Å²) in [5, 5.41) is 6.24. The van der Waals surface area contributed by atoms with Crippen LogP contribution in [0.5, 0.6) is 5.75 Å². The highest BCUT2D eigenvalue weighted by atomic mass is 16.5. The molecule has 2 N–H and O–H groups in total. The molecule has 1 unspecified atom stereocenters. The first-order valence-electron chi connectivity index (χ1n) is 8.66. The van der Waals surface area contributed by atoms with Crippen LogP contribution in [0.15, 0.2) is 42.5 Å². The Morgan fingerprint density at radius 3 is 2.79 bits per heavy atom. The van der Waals surface area contributed by atoms with E-state index in [0.29, 0.717) is 6.54 Å². The molecule has 0 radical (unpaired) electrons. The standard InChI is InChI=1S/C20H22N2O2/c23-20(18-2-1-10-21-18)22-13-14-3-5-15(6-4-14)16-7-8-19-17(12-16)9-11-24-19/h3-8,12,18,21H,1-2,9-11,13H2,(H,22,23). The van der Waals surface area contributed by atoms with E-state index in [1.807, 2.05) is 0 Å². The van der Waals surface area contributed by atoms with E-state index in [4.69, 9.17) is 4.74 Å². The molecule has 24 heavy (non-hydrogen) atoms. The van der Waals surface area contributed by atoms with Crippen LogP contribution in [0, 0.1) is 0 Å². The maximum absolute atomic E-state index is 12.0. The van der Waals surface area contributed by atoms with Crippen LogP contribution >= 0.6 is 0 Å². The van der Waals surface area contributed by atoms with Gasteiger partial charge < -0.3 is 15.4 Å². The zero-order valence-corrected chi connectivity index (χ0v) is 13.7. The molecule has 2 aromatic carbocycles. The van der Waals surface area contributed by atoms with Gasteiger partial charge >= 0.3 is 0 Å². The number of fused-ring (bicyclic) bond motifs is 1. The second-order valence-corrected chi connectivity index (χ2v) is 6.48. The largest absolute Gasteiger partial charge is 0.493 e. The van der Waals surface area contributed by atoms with Crippen LogP contribution in [0.1, 0.15) is 24.0 Å². The third-order valence-electron chi connectivity index (χ3n) is 4.82. The average Bonchev–Trinajstić information content (AvgIpc) is 3.31. The summed E-state index contributed by atoms with van der Waals surface area (Å²) in [7, 11) is 0. The molecule has 0 saturated carbocycles. The number of carbonyl (C=O) groups is 1. The van der Waals surface area contributed by atoms with Gasteiger partial charge in [0.15, 0.2) is 0 Å². The van der Waals surface area contributed by atoms with Crippen molar-refractivity contribution in [1.82, 2.24) is 10.6 Å². The molecule has 1 saturated heterocycles. The van der Waals surface area contributed by atoms with Crippen LogP contribution in [-0.4, -0.2) is 25.1 Å². The zero-order valence-electron chi connectivity index (χ0n) is 13.7. The molecule has 0 aliphatic carbocycles. The maximum Gasteiger partial charge on any atom is 0.237 e. The van der Waals surface area contributed by atoms with Crippen LogP contribution < -0.4 is 15.4 Å². The molecule has 2 aromatic rings. The van der Waals surface area contributed by atoms with Crippen LogP contribution in [-0.2, 0) is 17.8 Å². The third-order valence-corrected chi connectivity index (χ3v) is 4.82. The molecule has 0 aromatic heterocycles. The van der Waals surface area contributed by atoms with Gasteiger partial charge in [-0.3, -0.25) is 4.79 Å². The Labute approximate surface area is 142 Å². The van der Waals surface area contributed by atoms with E-state index in [-0.39, 0.29) is 11.9 Å². The fraction of sp³-hybridized carbons (Fsp3) is 0.350. The van der Waals surface area contributed by atoms with E-state index in [1.165, 1.54) is 16.7 Å². The summed E-state index contributed by atoms with van der Waals surface area (Å²) in [6, 6.07) is 14.8. The summed E-state index contributed by atoms with van der Waals surface area (Å²) in [5.74, 6) is 1.12. The topological polar surface area (TPSA) is 50.4 Å². The Kier molecular flexibility index (Phi) is 4.22. The summed E-state index contributed by atoms with van der Waals surface area (Å²) >= 11 is 0. The molecule has 0 bridgehead atoms. The Balaban J connectivity index is 1.40. The maximum atomic E-state index is 12.0. The highest BCUT2D eigenvalue weighted by molar-refractivity contribution is 5.82. The Hall–Kier alpha value is -2.33. The molecule has 1 fully saturated rings. The minimum absolute atomic E-state index is 0.0158. The lowest BCUT2D eigenvalue weighted by molar-refractivity contribution is -0.122. The second kappa shape index (κ2) is 6.65. The number of ether oxygens (including phenoxy) is 1. The summed E-state index contributed by atoms with van der Waals surface area (Å²) in [5.41, 5.74) is 4.81. The van der Waals surface area contributed by atoms with E-state index in [0.717, 1.165) is 43.7 Å². The molecule has 4 nitrogen and oxygen atoms in total. The normalized spacial score (nSPS) is 18.9. The van der Waals surface area contributed by atoms with Crippen molar-refractivity contribution < 1.29 is 9.53 Å². The molecule has 2 aliphatic heterocycles. The van der Waals surface area contributed by atoms with Crippen molar-refractivity contribution in [2.24, 2.45) is 0 Å². The second-order valence-electron chi connectivity index (χ2n) is 6.48. The van der Waals surface area contributed by atoms with Gasteiger partial charge in [-0.15, -0.1) is 0 Å². The minimum atomic E-state index is -0.0158. The average molecular weight is 322 g/mol. The van der Waals surface area contributed by atoms with Crippen molar-refractivity contribution in [2.45, 2.75) is 31.8 Å². The van der Waals surface area contributed by atoms with Crippen molar-refractivity contribution in [1.29, 1.82) is 0 Å². The summed E-state index contributed by atoms with van der Waals surface area (Å²) in [6.45, 7) is 2.31.